The first-order valence-electron chi connectivity index (χ1n) is 6.95. The molecule has 18 heavy (non-hydrogen) atoms. The van der Waals surface area contributed by atoms with Gasteiger partial charge < -0.3 is 9.80 Å². The van der Waals surface area contributed by atoms with Crippen LogP contribution in [0.3, 0.4) is 0 Å². The fraction of sp³-hybridized carbons (Fsp3) is 0.846. The van der Waals surface area contributed by atoms with E-state index in [1.165, 1.54) is 18.6 Å². The predicted octanol–water partition coefficient (Wildman–Crippen LogP) is 1.11. The first-order chi connectivity index (χ1) is 8.75. The van der Waals surface area contributed by atoms with Crippen LogP contribution in [0.4, 0.5) is 0 Å². The molecule has 2 atom stereocenters. The van der Waals surface area contributed by atoms with E-state index in [4.69, 9.17) is 0 Å². The van der Waals surface area contributed by atoms with Gasteiger partial charge >= 0.3 is 0 Å². The molecule has 0 radical (unpaired) electrons. The minimum atomic E-state index is -0.147. The largest absolute Gasteiger partial charge is 0.330 e. The normalized spacial score (nSPS) is 32.9. The number of thioether (sulfide) groups is 1. The molecule has 3 heterocycles. The predicted molar refractivity (Wildman–Crippen MR) is 71.4 cm³/mol. The number of carbonyl (C=O) groups is 2. The first kappa shape index (κ1) is 12.3. The van der Waals surface area contributed by atoms with E-state index in [0.717, 1.165) is 32.4 Å². The number of carbonyl (C=O) groups excluding carboxylic acids is 2. The number of fused-ring (bicyclic) bond motifs is 1. The van der Waals surface area contributed by atoms with Gasteiger partial charge in [0.2, 0.25) is 11.8 Å². The van der Waals surface area contributed by atoms with Crippen molar-refractivity contribution in [3.63, 3.8) is 0 Å². The molecule has 3 rings (SSSR count). The molecular weight excluding hydrogens is 248 g/mol. The Balaban J connectivity index is 1.68. The lowest BCUT2D eigenvalue weighted by Gasteiger charge is -2.43. The van der Waals surface area contributed by atoms with Crippen LogP contribution in [0.15, 0.2) is 0 Å². The molecule has 2 unspecified atom stereocenters. The standard InChI is InChI=1S/C13H20N2O2S/c16-12-9-14(8-10-4-3-7-18-10)13(17)11-5-1-2-6-15(11)12/h10-11H,1-9H2. The molecule has 0 aromatic heterocycles. The number of piperidine rings is 1. The molecule has 3 aliphatic heterocycles. The van der Waals surface area contributed by atoms with Crippen molar-refractivity contribution < 1.29 is 9.59 Å². The SMILES string of the molecule is O=C1C2CCCCN2C(=O)CN1CC1CCCS1. The topological polar surface area (TPSA) is 40.6 Å². The number of hydrogen-bond donors (Lipinski definition) is 0. The van der Waals surface area contributed by atoms with Gasteiger partial charge in [0, 0.05) is 18.3 Å². The number of piperazine rings is 1. The Kier molecular flexibility index (Phi) is 3.50. The molecule has 0 bridgehead atoms. The molecule has 2 amide bonds. The smallest absolute Gasteiger partial charge is 0.245 e. The molecule has 0 aromatic carbocycles. The van der Waals surface area contributed by atoms with Gasteiger partial charge in [-0.15, -0.1) is 0 Å². The summed E-state index contributed by atoms with van der Waals surface area (Å²) in [5.41, 5.74) is 0. The van der Waals surface area contributed by atoms with Crippen LogP contribution in [0, 0.1) is 0 Å². The fourth-order valence-corrected chi connectivity index (χ4v) is 4.50. The van der Waals surface area contributed by atoms with Crippen molar-refractivity contribution in [3.05, 3.63) is 0 Å². The Bertz CT molecular complexity index is 355. The van der Waals surface area contributed by atoms with Gasteiger partial charge in [0.1, 0.15) is 6.04 Å². The summed E-state index contributed by atoms with van der Waals surface area (Å²) >= 11 is 1.95. The Morgan fingerprint density at radius 1 is 1.17 bits per heavy atom. The van der Waals surface area contributed by atoms with E-state index in [1.807, 2.05) is 21.6 Å². The van der Waals surface area contributed by atoms with Gasteiger partial charge in [0.15, 0.2) is 0 Å². The van der Waals surface area contributed by atoms with Gasteiger partial charge in [-0.05, 0) is 37.9 Å². The molecule has 3 fully saturated rings. The molecule has 4 nitrogen and oxygen atoms in total. The highest BCUT2D eigenvalue weighted by Gasteiger charge is 2.40. The molecule has 3 aliphatic rings. The molecule has 3 saturated heterocycles. The molecule has 0 N–H and O–H groups in total. The number of nitrogens with zero attached hydrogens (tertiary/aromatic N) is 2. The number of rotatable bonds is 2. The minimum absolute atomic E-state index is 0.147. The zero-order valence-corrected chi connectivity index (χ0v) is 11.5. The zero-order valence-electron chi connectivity index (χ0n) is 10.6. The fourth-order valence-electron chi connectivity index (χ4n) is 3.22. The molecule has 0 aromatic rings. The molecule has 0 saturated carbocycles. The van der Waals surface area contributed by atoms with Crippen molar-refractivity contribution in [2.45, 2.75) is 43.4 Å². The summed E-state index contributed by atoms with van der Waals surface area (Å²) in [6, 6.07) is -0.147. The highest BCUT2D eigenvalue weighted by atomic mass is 32.2. The van der Waals surface area contributed by atoms with Crippen LogP contribution in [0.2, 0.25) is 0 Å². The van der Waals surface area contributed by atoms with Crippen LogP contribution in [0.1, 0.15) is 32.1 Å². The van der Waals surface area contributed by atoms with Crippen molar-refractivity contribution in [2.24, 2.45) is 0 Å². The highest BCUT2D eigenvalue weighted by Crippen LogP contribution is 2.29. The van der Waals surface area contributed by atoms with E-state index < -0.39 is 0 Å². The van der Waals surface area contributed by atoms with Crippen LogP contribution in [-0.2, 0) is 9.59 Å². The van der Waals surface area contributed by atoms with Gasteiger partial charge in [-0.1, -0.05) is 0 Å². The minimum Gasteiger partial charge on any atom is -0.330 e. The summed E-state index contributed by atoms with van der Waals surface area (Å²) in [4.78, 5) is 28.1. The zero-order chi connectivity index (χ0) is 12.5. The van der Waals surface area contributed by atoms with Gasteiger partial charge in [-0.2, -0.15) is 11.8 Å². The van der Waals surface area contributed by atoms with Crippen LogP contribution < -0.4 is 0 Å². The van der Waals surface area contributed by atoms with Crippen molar-refractivity contribution >= 4 is 23.6 Å². The molecule has 5 heteroatoms. The quantitative estimate of drug-likeness (QED) is 0.753. The Labute approximate surface area is 112 Å². The van der Waals surface area contributed by atoms with E-state index >= 15 is 0 Å². The second-order valence-electron chi connectivity index (χ2n) is 5.45. The summed E-state index contributed by atoms with van der Waals surface area (Å²) in [5.74, 6) is 1.56. The van der Waals surface area contributed by atoms with Gasteiger partial charge in [-0.3, -0.25) is 9.59 Å². The third kappa shape index (κ3) is 2.25. The van der Waals surface area contributed by atoms with Crippen molar-refractivity contribution in [2.75, 3.05) is 25.4 Å². The third-order valence-corrected chi connectivity index (χ3v) is 5.57. The van der Waals surface area contributed by atoms with Gasteiger partial charge in [0.05, 0.1) is 6.54 Å². The van der Waals surface area contributed by atoms with Gasteiger partial charge in [-0.25, -0.2) is 0 Å². The summed E-state index contributed by atoms with van der Waals surface area (Å²) < 4.78 is 0. The maximum Gasteiger partial charge on any atom is 0.245 e. The average Bonchev–Trinajstić information content (AvgIpc) is 2.89. The van der Waals surface area contributed by atoms with Crippen LogP contribution in [0.5, 0.6) is 0 Å². The summed E-state index contributed by atoms with van der Waals surface area (Å²) in [5, 5.41) is 0.553. The van der Waals surface area contributed by atoms with Crippen LogP contribution in [0.25, 0.3) is 0 Å². The van der Waals surface area contributed by atoms with Crippen molar-refractivity contribution in [1.82, 2.24) is 9.80 Å². The Morgan fingerprint density at radius 2 is 2.06 bits per heavy atom. The molecule has 0 aliphatic carbocycles. The Hall–Kier alpha value is -0.710. The maximum absolute atomic E-state index is 12.4. The van der Waals surface area contributed by atoms with E-state index in [9.17, 15) is 9.59 Å². The third-order valence-electron chi connectivity index (χ3n) is 4.19. The number of amides is 2. The first-order valence-corrected chi connectivity index (χ1v) is 8.00. The van der Waals surface area contributed by atoms with E-state index in [0.29, 0.717) is 11.8 Å². The number of hydrogen-bond acceptors (Lipinski definition) is 3. The van der Waals surface area contributed by atoms with E-state index in [1.54, 1.807) is 0 Å². The van der Waals surface area contributed by atoms with E-state index in [2.05, 4.69) is 0 Å². The summed E-state index contributed by atoms with van der Waals surface area (Å²) in [6.07, 6.45) is 5.43. The van der Waals surface area contributed by atoms with Crippen molar-refractivity contribution in [3.8, 4) is 0 Å². The second kappa shape index (κ2) is 5.11. The lowest BCUT2D eigenvalue weighted by molar-refractivity contribution is -0.157. The Morgan fingerprint density at radius 3 is 2.83 bits per heavy atom. The van der Waals surface area contributed by atoms with Crippen LogP contribution in [-0.4, -0.2) is 58.3 Å². The van der Waals surface area contributed by atoms with Crippen LogP contribution >= 0.6 is 11.8 Å². The summed E-state index contributed by atoms with van der Waals surface area (Å²) in [7, 11) is 0. The second-order valence-corrected chi connectivity index (χ2v) is 6.86. The maximum atomic E-state index is 12.4. The average molecular weight is 268 g/mol. The highest BCUT2D eigenvalue weighted by molar-refractivity contribution is 8.00. The van der Waals surface area contributed by atoms with E-state index in [-0.39, 0.29) is 17.9 Å². The van der Waals surface area contributed by atoms with Crippen molar-refractivity contribution in [1.29, 1.82) is 0 Å². The summed E-state index contributed by atoms with van der Waals surface area (Å²) in [6.45, 7) is 1.87. The monoisotopic (exact) mass is 268 g/mol. The molecule has 100 valence electrons. The van der Waals surface area contributed by atoms with Gasteiger partial charge in [0.25, 0.3) is 0 Å². The lowest BCUT2D eigenvalue weighted by Crippen LogP contribution is -2.61. The molecule has 0 spiro atoms. The molecular formula is C13H20N2O2S. The lowest BCUT2D eigenvalue weighted by atomic mass is 9.98.